The third kappa shape index (κ3) is 2.87. The molecule has 0 amide bonds. The molecule has 0 aliphatic rings. The molecular weight excluding hydrogens is 273 g/mol. The lowest BCUT2D eigenvalue weighted by atomic mass is 10.1. The van der Waals surface area contributed by atoms with E-state index in [1.54, 1.807) is 13.0 Å². The molecule has 0 bridgehead atoms. The molecule has 0 aliphatic heterocycles. The summed E-state index contributed by atoms with van der Waals surface area (Å²) in [5.41, 5.74) is 0.865. The summed E-state index contributed by atoms with van der Waals surface area (Å²) >= 11 is 2.63. The van der Waals surface area contributed by atoms with Crippen LogP contribution in [0.15, 0.2) is 18.2 Å². The predicted molar refractivity (Wildman–Crippen MR) is 55.5 cm³/mol. The fourth-order valence-electron chi connectivity index (χ4n) is 1.23. The van der Waals surface area contributed by atoms with E-state index in [9.17, 15) is 13.2 Å². The molecule has 0 fully saturated rings. The van der Waals surface area contributed by atoms with Crippen molar-refractivity contribution in [2.45, 2.75) is 17.9 Å². The number of benzene rings is 1. The van der Waals surface area contributed by atoms with E-state index < -0.39 is 11.0 Å². The SMILES string of the molecule is COc1ccc(C)cc1C(Br)C(F)(F)F. The molecule has 0 N–H and O–H groups in total. The first-order valence-corrected chi connectivity index (χ1v) is 5.13. The predicted octanol–water partition coefficient (Wildman–Crippen LogP) is 4.00. The van der Waals surface area contributed by atoms with Gasteiger partial charge in [-0.15, -0.1) is 0 Å². The third-order valence-corrected chi connectivity index (χ3v) is 2.96. The highest BCUT2D eigenvalue weighted by Crippen LogP contribution is 2.43. The van der Waals surface area contributed by atoms with Crippen molar-refractivity contribution in [3.63, 3.8) is 0 Å². The quantitative estimate of drug-likeness (QED) is 0.745. The van der Waals surface area contributed by atoms with Gasteiger partial charge >= 0.3 is 6.18 Å². The normalized spacial score (nSPS) is 13.7. The Kier molecular flexibility index (Phi) is 3.65. The van der Waals surface area contributed by atoms with E-state index in [0.29, 0.717) is 0 Å². The molecule has 0 heterocycles. The van der Waals surface area contributed by atoms with Crippen LogP contribution in [-0.4, -0.2) is 13.3 Å². The van der Waals surface area contributed by atoms with Crippen LogP contribution in [0.3, 0.4) is 0 Å². The minimum Gasteiger partial charge on any atom is -0.496 e. The van der Waals surface area contributed by atoms with E-state index in [2.05, 4.69) is 15.9 Å². The first-order chi connectivity index (χ1) is 6.86. The largest absolute Gasteiger partial charge is 0.496 e. The molecule has 15 heavy (non-hydrogen) atoms. The highest BCUT2D eigenvalue weighted by molar-refractivity contribution is 9.09. The van der Waals surface area contributed by atoms with Crippen molar-refractivity contribution in [3.05, 3.63) is 29.3 Å². The van der Waals surface area contributed by atoms with Gasteiger partial charge in [-0.05, 0) is 13.0 Å². The Morgan fingerprint density at radius 2 is 1.93 bits per heavy atom. The molecule has 0 aromatic heterocycles. The summed E-state index contributed by atoms with van der Waals surface area (Å²) in [6.07, 6.45) is -4.32. The summed E-state index contributed by atoms with van der Waals surface area (Å²) in [4.78, 5) is -1.69. The highest BCUT2D eigenvalue weighted by Gasteiger charge is 2.40. The standard InChI is InChI=1S/C10H10BrF3O/c1-6-3-4-8(15-2)7(5-6)9(11)10(12,13)14/h3-5,9H,1-2H3. The lowest BCUT2D eigenvalue weighted by Crippen LogP contribution is -2.16. The minimum atomic E-state index is -4.32. The van der Waals surface area contributed by atoms with Crippen molar-refractivity contribution < 1.29 is 17.9 Å². The molecule has 1 aromatic carbocycles. The number of methoxy groups -OCH3 is 1. The summed E-state index contributed by atoms with van der Waals surface area (Å²) in [6.45, 7) is 1.74. The van der Waals surface area contributed by atoms with E-state index in [-0.39, 0.29) is 11.3 Å². The number of alkyl halides is 4. The number of aryl methyl sites for hydroxylation is 1. The van der Waals surface area contributed by atoms with Gasteiger partial charge in [-0.3, -0.25) is 0 Å². The summed E-state index contributed by atoms with van der Waals surface area (Å²) in [5, 5.41) is 0. The van der Waals surface area contributed by atoms with Gasteiger partial charge in [0, 0.05) is 5.56 Å². The van der Waals surface area contributed by atoms with Crippen molar-refractivity contribution in [1.29, 1.82) is 0 Å². The van der Waals surface area contributed by atoms with Crippen LogP contribution in [0.5, 0.6) is 5.75 Å². The molecule has 1 nitrogen and oxygen atoms in total. The second-order valence-corrected chi connectivity index (χ2v) is 4.07. The third-order valence-electron chi connectivity index (χ3n) is 1.95. The maximum atomic E-state index is 12.5. The molecule has 1 rings (SSSR count). The van der Waals surface area contributed by atoms with E-state index in [1.165, 1.54) is 19.2 Å². The Labute approximate surface area is 94.4 Å². The molecule has 0 aliphatic carbocycles. The molecule has 1 aromatic rings. The first kappa shape index (κ1) is 12.4. The van der Waals surface area contributed by atoms with Crippen LogP contribution >= 0.6 is 15.9 Å². The molecule has 1 unspecified atom stereocenters. The van der Waals surface area contributed by atoms with Crippen LogP contribution in [0.1, 0.15) is 16.0 Å². The number of hydrogen-bond acceptors (Lipinski definition) is 1. The van der Waals surface area contributed by atoms with Gasteiger partial charge in [-0.2, -0.15) is 13.2 Å². The van der Waals surface area contributed by atoms with Crippen LogP contribution in [0.2, 0.25) is 0 Å². The maximum absolute atomic E-state index is 12.5. The van der Waals surface area contributed by atoms with Gasteiger partial charge in [0.25, 0.3) is 0 Å². The topological polar surface area (TPSA) is 9.23 Å². The van der Waals surface area contributed by atoms with Gasteiger partial charge in [0.05, 0.1) is 7.11 Å². The Hall–Kier alpha value is -0.710. The summed E-state index contributed by atoms with van der Waals surface area (Å²) in [6, 6.07) is 4.70. The van der Waals surface area contributed by atoms with Crippen LogP contribution in [0, 0.1) is 6.92 Å². The molecule has 0 radical (unpaired) electrons. The maximum Gasteiger partial charge on any atom is 0.405 e. The highest BCUT2D eigenvalue weighted by atomic mass is 79.9. The zero-order valence-electron chi connectivity index (χ0n) is 8.23. The Morgan fingerprint density at radius 1 is 1.33 bits per heavy atom. The number of halogens is 4. The fourth-order valence-corrected chi connectivity index (χ4v) is 1.59. The van der Waals surface area contributed by atoms with Gasteiger partial charge in [-0.1, -0.05) is 33.6 Å². The Balaban J connectivity index is 3.17. The average Bonchev–Trinajstić information content (AvgIpc) is 2.15. The van der Waals surface area contributed by atoms with Crippen molar-refractivity contribution in [1.82, 2.24) is 0 Å². The average molecular weight is 283 g/mol. The molecule has 5 heteroatoms. The van der Waals surface area contributed by atoms with Gasteiger partial charge < -0.3 is 4.74 Å². The molecular formula is C10H10BrF3O. The summed E-state index contributed by atoms with van der Waals surface area (Å²) in [7, 11) is 1.35. The second-order valence-electron chi connectivity index (χ2n) is 3.15. The van der Waals surface area contributed by atoms with Gasteiger partial charge in [-0.25, -0.2) is 0 Å². The first-order valence-electron chi connectivity index (χ1n) is 4.21. The lowest BCUT2D eigenvalue weighted by Gasteiger charge is -2.17. The van der Waals surface area contributed by atoms with E-state index >= 15 is 0 Å². The zero-order chi connectivity index (χ0) is 11.6. The number of hydrogen-bond donors (Lipinski definition) is 0. The van der Waals surface area contributed by atoms with Crippen molar-refractivity contribution >= 4 is 15.9 Å². The monoisotopic (exact) mass is 282 g/mol. The molecule has 1 atom stereocenters. The molecule has 84 valence electrons. The number of rotatable bonds is 2. The fraction of sp³-hybridized carbons (Fsp3) is 0.400. The Morgan fingerprint density at radius 3 is 2.40 bits per heavy atom. The van der Waals surface area contributed by atoms with Crippen LogP contribution in [-0.2, 0) is 0 Å². The summed E-state index contributed by atoms with van der Waals surface area (Å²) < 4.78 is 42.3. The Bertz CT molecular complexity index is 349. The molecule has 0 spiro atoms. The van der Waals surface area contributed by atoms with E-state index in [4.69, 9.17) is 4.74 Å². The molecule has 0 saturated carbocycles. The van der Waals surface area contributed by atoms with Gasteiger partial charge in [0.15, 0.2) is 0 Å². The van der Waals surface area contributed by atoms with Crippen molar-refractivity contribution in [2.24, 2.45) is 0 Å². The summed E-state index contributed by atoms with van der Waals surface area (Å²) in [5.74, 6) is 0.236. The van der Waals surface area contributed by atoms with Crippen molar-refractivity contribution in [2.75, 3.05) is 7.11 Å². The van der Waals surface area contributed by atoms with Crippen LogP contribution in [0.25, 0.3) is 0 Å². The van der Waals surface area contributed by atoms with Crippen LogP contribution in [0.4, 0.5) is 13.2 Å². The smallest absolute Gasteiger partial charge is 0.405 e. The van der Waals surface area contributed by atoms with E-state index in [1.807, 2.05) is 0 Å². The lowest BCUT2D eigenvalue weighted by molar-refractivity contribution is -0.128. The second kappa shape index (κ2) is 4.43. The van der Waals surface area contributed by atoms with Gasteiger partial charge in [0.2, 0.25) is 0 Å². The number of ether oxygens (including phenoxy) is 1. The van der Waals surface area contributed by atoms with E-state index in [0.717, 1.165) is 5.56 Å². The van der Waals surface area contributed by atoms with Crippen LogP contribution < -0.4 is 4.74 Å². The van der Waals surface area contributed by atoms with Crippen molar-refractivity contribution in [3.8, 4) is 5.75 Å². The zero-order valence-corrected chi connectivity index (χ0v) is 9.82. The molecule has 0 saturated heterocycles. The minimum absolute atomic E-state index is 0.102. The van der Waals surface area contributed by atoms with Gasteiger partial charge in [0.1, 0.15) is 10.6 Å².